The Kier molecular flexibility index (Phi) is 5.14. The summed E-state index contributed by atoms with van der Waals surface area (Å²) in [6.45, 7) is 0.333. The van der Waals surface area contributed by atoms with E-state index >= 15 is 0 Å². The van der Waals surface area contributed by atoms with Crippen LogP contribution in [0.2, 0.25) is 0 Å². The number of carbonyl (C=O) groups is 1. The summed E-state index contributed by atoms with van der Waals surface area (Å²) in [5, 5.41) is 0. The Hall–Kier alpha value is -0.530. The van der Waals surface area contributed by atoms with Crippen LogP contribution in [0.5, 0.6) is 0 Å². The van der Waals surface area contributed by atoms with Crippen LogP contribution < -0.4 is 0 Å². The van der Waals surface area contributed by atoms with Crippen LogP contribution in [0.1, 0.15) is 42.7 Å². The van der Waals surface area contributed by atoms with Crippen LogP contribution in [0.25, 0.3) is 0 Å². The number of rotatable bonds is 4. The van der Waals surface area contributed by atoms with Gasteiger partial charge in [0.25, 0.3) is 9.05 Å². The molecule has 0 saturated heterocycles. The van der Waals surface area contributed by atoms with Crippen molar-refractivity contribution in [3.8, 4) is 0 Å². The molecular formula is C12H14BrClO5S. The lowest BCUT2D eigenvalue weighted by Gasteiger charge is -2.20. The second kappa shape index (κ2) is 6.49. The Morgan fingerprint density at radius 3 is 2.60 bits per heavy atom. The molecule has 1 heterocycles. The van der Waals surface area contributed by atoms with Gasteiger partial charge in [0, 0.05) is 16.7 Å². The number of hydrogen-bond acceptors (Lipinski definition) is 5. The second-order valence-electron chi connectivity index (χ2n) is 4.79. The van der Waals surface area contributed by atoms with Gasteiger partial charge in [0.2, 0.25) is 5.76 Å². The number of halogens is 2. The molecule has 0 aliphatic heterocycles. The lowest BCUT2D eigenvalue weighted by molar-refractivity contribution is 0.0373. The molecule has 0 N–H and O–H groups in total. The molecule has 5 nitrogen and oxygen atoms in total. The summed E-state index contributed by atoms with van der Waals surface area (Å²) >= 11 is 2.91. The number of carbonyl (C=O) groups excluding carboxylic acids is 1. The van der Waals surface area contributed by atoms with Crippen LogP contribution in [-0.4, -0.2) is 21.0 Å². The topological polar surface area (TPSA) is 73.6 Å². The van der Waals surface area contributed by atoms with Crippen LogP contribution in [0.3, 0.4) is 0 Å². The number of furan rings is 1. The smallest absolute Gasteiger partial charge is 0.374 e. The molecular weight excluding hydrogens is 372 g/mol. The molecule has 0 unspecified atom stereocenters. The van der Waals surface area contributed by atoms with Crippen molar-refractivity contribution in [1.82, 2.24) is 0 Å². The third-order valence-electron chi connectivity index (χ3n) is 3.29. The van der Waals surface area contributed by atoms with Gasteiger partial charge in [-0.05, 0) is 34.7 Å². The Morgan fingerprint density at radius 2 is 2.05 bits per heavy atom. The first-order chi connectivity index (χ1) is 9.38. The molecule has 0 amide bonds. The van der Waals surface area contributed by atoms with E-state index in [2.05, 4.69) is 15.9 Å². The van der Waals surface area contributed by atoms with Gasteiger partial charge in [-0.15, -0.1) is 0 Å². The first kappa shape index (κ1) is 15.9. The Morgan fingerprint density at radius 1 is 1.40 bits per heavy atom. The molecule has 1 aromatic rings. The highest BCUT2D eigenvalue weighted by Crippen LogP contribution is 2.29. The van der Waals surface area contributed by atoms with E-state index < -0.39 is 15.0 Å². The van der Waals surface area contributed by atoms with Gasteiger partial charge >= 0.3 is 5.97 Å². The minimum absolute atomic E-state index is 0.0999. The van der Waals surface area contributed by atoms with Crippen molar-refractivity contribution < 1.29 is 22.4 Å². The summed E-state index contributed by atoms with van der Waals surface area (Å²) in [6, 6.07) is 1.07. The van der Waals surface area contributed by atoms with Gasteiger partial charge < -0.3 is 9.15 Å². The SMILES string of the molecule is O=C(OCC1CCCCC1)c1cc(S(=O)(=O)Cl)c(Br)o1. The average Bonchev–Trinajstić information content (AvgIpc) is 2.79. The lowest BCUT2D eigenvalue weighted by atomic mass is 9.90. The Bertz CT molecular complexity index is 589. The van der Waals surface area contributed by atoms with Crippen LogP contribution in [0, 0.1) is 5.92 Å². The van der Waals surface area contributed by atoms with Gasteiger partial charge in [-0.25, -0.2) is 13.2 Å². The Labute approximate surface area is 130 Å². The van der Waals surface area contributed by atoms with Crippen molar-refractivity contribution in [3.63, 3.8) is 0 Å². The lowest BCUT2D eigenvalue weighted by Crippen LogP contribution is -2.16. The molecule has 20 heavy (non-hydrogen) atoms. The molecule has 1 aliphatic rings. The van der Waals surface area contributed by atoms with E-state index in [1.165, 1.54) is 6.42 Å². The summed E-state index contributed by atoms with van der Waals surface area (Å²) < 4.78 is 32.5. The molecule has 112 valence electrons. The highest BCUT2D eigenvalue weighted by atomic mass is 79.9. The van der Waals surface area contributed by atoms with Gasteiger partial charge in [0.15, 0.2) is 4.67 Å². The molecule has 2 rings (SSSR count). The number of esters is 1. The average molecular weight is 386 g/mol. The highest BCUT2D eigenvalue weighted by Gasteiger charge is 2.25. The third kappa shape index (κ3) is 3.99. The third-order valence-corrected chi connectivity index (χ3v) is 5.47. The summed E-state index contributed by atoms with van der Waals surface area (Å²) in [7, 11) is 1.25. The maximum absolute atomic E-state index is 11.8. The van der Waals surface area contributed by atoms with Gasteiger partial charge in [0.1, 0.15) is 4.90 Å². The monoisotopic (exact) mass is 384 g/mol. The van der Waals surface area contributed by atoms with Gasteiger partial charge in [-0.2, -0.15) is 0 Å². The summed E-state index contributed by atoms with van der Waals surface area (Å²) in [5.41, 5.74) is 0. The normalized spacial score (nSPS) is 17.1. The molecule has 0 radical (unpaired) electrons. The van der Waals surface area contributed by atoms with Crippen molar-refractivity contribution in [2.45, 2.75) is 37.0 Å². The summed E-state index contributed by atoms with van der Waals surface area (Å²) in [5.74, 6) is -0.475. The standard InChI is InChI=1S/C12H14BrClO5S/c13-11-10(20(14,16)17)6-9(19-11)12(15)18-7-8-4-2-1-3-5-8/h6,8H,1-5,7H2. The zero-order valence-corrected chi connectivity index (χ0v) is 13.8. The van der Waals surface area contributed by atoms with Gasteiger partial charge in [-0.1, -0.05) is 19.3 Å². The van der Waals surface area contributed by atoms with Gasteiger partial charge in [0.05, 0.1) is 6.61 Å². The first-order valence-corrected chi connectivity index (χ1v) is 9.39. The van der Waals surface area contributed by atoms with Crippen molar-refractivity contribution in [1.29, 1.82) is 0 Å². The molecule has 0 spiro atoms. The predicted octanol–water partition coefficient (Wildman–Crippen LogP) is 3.71. The number of hydrogen-bond donors (Lipinski definition) is 0. The molecule has 1 saturated carbocycles. The van der Waals surface area contributed by atoms with E-state index in [4.69, 9.17) is 19.8 Å². The van der Waals surface area contributed by atoms with Crippen LogP contribution in [0.4, 0.5) is 0 Å². The van der Waals surface area contributed by atoms with E-state index in [1.54, 1.807) is 0 Å². The minimum Gasteiger partial charge on any atom is -0.460 e. The quantitative estimate of drug-likeness (QED) is 0.583. The molecule has 8 heteroatoms. The minimum atomic E-state index is -3.96. The molecule has 1 aromatic heterocycles. The van der Waals surface area contributed by atoms with Crippen molar-refractivity contribution in [2.24, 2.45) is 5.92 Å². The zero-order chi connectivity index (χ0) is 14.8. The first-order valence-electron chi connectivity index (χ1n) is 6.29. The van der Waals surface area contributed by atoms with Crippen LogP contribution in [-0.2, 0) is 13.8 Å². The predicted molar refractivity (Wildman–Crippen MR) is 76.3 cm³/mol. The van der Waals surface area contributed by atoms with Crippen LogP contribution >= 0.6 is 26.6 Å². The van der Waals surface area contributed by atoms with Gasteiger partial charge in [-0.3, -0.25) is 0 Å². The number of ether oxygens (including phenoxy) is 1. The summed E-state index contributed by atoms with van der Waals surface area (Å²) in [6.07, 6.45) is 5.64. The maximum Gasteiger partial charge on any atom is 0.374 e. The molecule has 0 aromatic carbocycles. The van der Waals surface area contributed by atoms with Crippen molar-refractivity contribution in [3.05, 3.63) is 16.5 Å². The second-order valence-corrected chi connectivity index (χ2v) is 8.04. The van der Waals surface area contributed by atoms with Crippen molar-refractivity contribution >= 4 is 41.6 Å². The van der Waals surface area contributed by atoms with E-state index in [1.807, 2.05) is 0 Å². The maximum atomic E-state index is 11.8. The van der Waals surface area contributed by atoms with Crippen LogP contribution in [0.15, 0.2) is 20.0 Å². The van der Waals surface area contributed by atoms with Crippen molar-refractivity contribution in [2.75, 3.05) is 6.61 Å². The molecule has 0 bridgehead atoms. The highest BCUT2D eigenvalue weighted by molar-refractivity contribution is 9.10. The molecule has 0 atom stereocenters. The molecule has 1 fully saturated rings. The van der Waals surface area contributed by atoms with E-state index in [0.29, 0.717) is 12.5 Å². The Balaban J connectivity index is 1.99. The fourth-order valence-corrected chi connectivity index (χ4v) is 4.27. The molecule has 1 aliphatic carbocycles. The van der Waals surface area contributed by atoms with E-state index in [9.17, 15) is 13.2 Å². The fraction of sp³-hybridized carbons (Fsp3) is 0.583. The largest absolute Gasteiger partial charge is 0.460 e. The van der Waals surface area contributed by atoms with E-state index in [0.717, 1.165) is 31.7 Å². The fourth-order valence-electron chi connectivity index (χ4n) is 2.24. The zero-order valence-electron chi connectivity index (χ0n) is 10.6. The van der Waals surface area contributed by atoms with E-state index in [-0.39, 0.29) is 15.3 Å². The summed E-state index contributed by atoms with van der Waals surface area (Å²) in [4.78, 5) is 11.5.